The highest BCUT2D eigenvalue weighted by Gasteiger charge is 2.00. The Hall–Kier alpha value is -1.30. The van der Waals surface area contributed by atoms with Gasteiger partial charge in [-0.1, -0.05) is 12.1 Å². The van der Waals surface area contributed by atoms with E-state index in [-0.39, 0.29) is 5.56 Å². The van der Waals surface area contributed by atoms with Crippen molar-refractivity contribution in [3.8, 4) is 5.75 Å². The van der Waals surface area contributed by atoms with Crippen LogP contribution >= 0.6 is 22.6 Å². The lowest BCUT2D eigenvalue weighted by Crippen LogP contribution is -2.19. The fourth-order valence-electron chi connectivity index (χ4n) is 1.58. The van der Waals surface area contributed by atoms with Crippen molar-refractivity contribution in [2.75, 3.05) is 7.11 Å². The molecule has 1 heterocycles. The van der Waals surface area contributed by atoms with Gasteiger partial charge in [0.15, 0.2) is 0 Å². The predicted octanol–water partition coefficient (Wildman–Crippen LogP) is 2.51. The van der Waals surface area contributed by atoms with Crippen LogP contribution in [0.25, 0.3) is 0 Å². The molecule has 0 amide bonds. The molecule has 0 aliphatic heterocycles. The zero-order valence-electron chi connectivity index (χ0n) is 9.39. The van der Waals surface area contributed by atoms with Crippen LogP contribution in [0.3, 0.4) is 0 Å². The number of hydrogen-bond acceptors (Lipinski definition) is 2. The Balaban J connectivity index is 2.27. The highest BCUT2D eigenvalue weighted by atomic mass is 127. The molecule has 17 heavy (non-hydrogen) atoms. The molecule has 0 bridgehead atoms. The van der Waals surface area contributed by atoms with E-state index in [9.17, 15) is 4.79 Å². The summed E-state index contributed by atoms with van der Waals surface area (Å²) in [5.74, 6) is 0.592. The van der Waals surface area contributed by atoms with Gasteiger partial charge in [-0.05, 0) is 46.4 Å². The van der Waals surface area contributed by atoms with Gasteiger partial charge < -0.3 is 9.30 Å². The van der Waals surface area contributed by atoms with Gasteiger partial charge in [-0.25, -0.2) is 0 Å². The monoisotopic (exact) mass is 341 g/mol. The van der Waals surface area contributed by atoms with Gasteiger partial charge in [0.1, 0.15) is 5.75 Å². The molecular weight excluding hydrogens is 329 g/mol. The number of hydrogen-bond donors (Lipinski definition) is 0. The summed E-state index contributed by atoms with van der Waals surface area (Å²) in [7, 11) is 1.55. The number of aromatic nitrogens is 1. The maximum atomic E-state index is 11.8. The van der Waals surface area contributed by atoms with Crippen LogP contribution in [0.4, 0.5) is 0 Å². The van der Waals surface area contributed by atoms with Crippen LogP contribution < -0.4 is 10.3 Å². The fraction of sp³-hybridized carbons (Fsp3) is 0.154. The third-order valence-electron chi connectivity index (χ3n) is 2.45. The van der Waals surface area contributed by atoms with Gasteiger partial charge in [-0.15, -0.1) is 0 Å². The van der Waals surface area contributed by atoms with E-state index in [1.165, 1.54) is 9.64 Å². The molecule has 3 nitrogen and oxygen atoms in total. The lowest BCUT2D eigenvalue weighted by atomic mass is 10.2. The van der Waals surface area contributed by atoms with Crippen LogP contribution in [-0.4, -0.2) is 11.7 Å². The number of methoxy groups -OCH3 is 1. The molecule has 0 saturated heterocycles. The van der Waals surface area contributed by atoms with E-state index in [1.54, 1.807) is 23.9 Å². The van der Waals surface area contributed by atoms with Gasteiger partial charge in [0, 0.05) is 15.8 Å². The second-order valence-electron chi connectivity index (χ2n) is 3.66. The number of nitrogens with zero attached hydrogens (tertiary/aromatic N) is 1. The summed E-state index contributed by atoms with van der Waals surface area (Å²) < 4.78 is 7.83. The van der Waals surface area contributed by atoms with Gasteiger partial charge in [0.05, 0.1) is 13.7 Å². The maximum Gasteiger partial charge on any atom is 0.254 e. The quantitative estimate of drug-likeness (QED) is 0.804. The van der Waals surface area contributed by atoms with Crippen molar-refractivity contribution in [2.24, 2.45) is 0 Å². The zero-order chi connectivity index (χ0) is 12.3. The third-order valence-corrected chi connectivity index (χ3v) is 3.12. The smallest absolute Gasteiger partial charge is 0.254 e. The summed E-state index contributed by atoms with van der Waals surface area (Å²) in [5, 5.41) is 0. The number of halogens is 1. The van der Waals surface area contributed by atoms with Gasteiger partial charge >= 0.3 is 0 Å². The molecule has 2 rings (SSSR count). The highest BCUT2D eigenvalue weighted by Crippen LogP contribution is 2.09. The Morgan fingerprint density at radius 3 is 2.76 bits per heavy atom. The standard InChI is InChI=1S/C13H12INO2/c1-17-12-5-6-15(13(16)8-12)9-10-3-2-4-11(14)7-10/h2-8H,9H2,1H3. The first-order chi connectivity index (χ1) is 8.19. The molecular formula is C13H12INO2. The molecule has 0 aliphatic rings. The van der Waals surface area contributed by atoms with Crippen molar-refractivity contribution in [3.05, 3.63) is 62.1 Å². The molecule has 1 aromatic heterocycles. The molecule has 0 atom stereocenters. The molecule has 0 aliphatic carbocycles. The molecule has 0 saturated carbocycles. The Morgan fingerprint density at radius 1 is 1.29 bits per heavy atom. The fourth-order valence-corrected chi connectivity index (χ4v) is 2.19. The van der Waals surface area contributed by atoms with E-state index in [0.717, 1.165) is 5.56 Å². The second-order valence-corrected chi connectivity index (χ2v) is 4.91. The molecule has 0 radical (unpaired) electrons. The first-order valence-corrected chi connectivity index (χ1v) is 6.26. The van der Waals surface area contributed by atoms with Crippen molar-refractivity contribution >= 4 is 22.6 Å². The molecule has 0 unspecified atom stereocenters. The number of pyridine rings is 1. The van der Waals surface area contributed by atoms with Gasteiger partial charge in [0.25, 0.3) is 5.56 Å². The van der Waals surface area contributed by atoms with Gasteiger partial charge in [-0.2, -0.15) is 0 Å². The van der Waals surface area contributed by atoms with Crippen LogP contribution in [-0.2, 0) is 6.54 Å². The highest BCUT2D eigenvalue weighted by molar-refractivity contribution is 14.1. The molecule has 0 N–H and O–H groups in total. The Labute approximate surface area is 113 Å². The first kappa shape index (κ1) is 12.2. The number of ether oxygens (including phenoxy) is 1. The summed E-state index contributed by atoms with van der Waals surface area (Å²) in [6, 6.07) is 11.4. The first-order valence-electron chi connectivity index (χ1n) is 5.18. The summed E-state index contributed by atoms with van der Waals surface area (Å²) in [4.78, 5) is 11.8. The van der Waals surface area contributed by atoms with E-state index >= 15 is 0 Å². The van der Waals surface area contributed by atoms with Gasteiger partial charge in [-0.3, -0.25) is 4.79 Å². The molecule has 4 heteroatoms. The van der Waals surface area contributed by atoms with E-state index in [0.29, 0.717) is 12.3 Å². The maximum absolute atomic E-state index is 11.8. The molecule has 1 aromatic carbocycles. The second kappa shape index (κ2) is 5.35. The SMILES string of the molecule is COc1ccn(Cc2cccc(I)c2)c(=O)c1. The average molecular weight is 341 g/mol. The van der Waals surface area contributed by atoms with E-state index in [1.807, 2.05) is 18.2 Å². The Kier molecular flexibility index (Phi) is 3.83. The number of rotatable bonds is 3. The molecule has 0 fully saturated rings. The van der Waals surface area contributed by atoms with Crippen molar-refractivity contribution in [1.82, 2.24) is 4.57 Å². The summed E-state index contributed by atoms with van der Waals surface area (Å²) in [6.07, 6.45) is 1.75. The van der Waals surface area contributed by atoms with Crippen molar-refractivity contribution < 1.29 is 4.74 Å². The zero-order valence-corrected chi connectivity index (χ0v) is 11.5. The van der Waals surface area contributed by atoms with E-state index in [4.69, 9.17) is 4.74 Å². The number of benzene rings is 1. The van der Waals surface area contributed by atoms with Crippen molar-refractivity contribution in [3.63, 3.8) is 0 Å². The van der Waals surface area contributed by atoms with Crippen molar-refractivity contribution in [1.29, 1.82) is 0 Å². The molecule has 0 spiro atoms. The lowest BCUT2D eigenvalue weighted by molar-refractivity contribution is 0.412. The van der Waals surface area contributed by atoms with E-state index < -0.39 is 0 Å². The average Bonchev–Trinajstić information content (AvgIpc) is 2.32. The van der Waals surface area contributed by atoms with Crippen LogP contribution in [0.1, 0.15) is 5.56 Å². The summed E-state index contributed by atoms with van der Waals surface area (Å²) in [6.45, 7) is 0.583. The van der Waals surface area contributed by atoms with Crippen LogP contribution in [0.15, 0.2) is 47.4 Å². The topological polar surface area (TPSA) is 31.2 Å². The van der Waals surface area contributed by atoms with Crippen molar-refractivity contribution in [2.45, 2.75) is 6.54 Å². The third kappa shape index (κ3) is 3.09. The largest absolute Gasteiger partial charge is 0.497 e. The summed E-state index contributed by atoms with van der Waals surface area (Å²) >= 11 is 2.26. The normalized spacial score (nSPS) is 10.2. The minimum absolute atomic E-state index is 0.0526. The van der Waals surface area contributed by atoms with Crippen LogP contribution in [0, 0.1) is 3.57 Å². The minimum Gasteiger partial charge on any atom is -0.497 e. The lowest BCUT2D eigenvalue weighted by Gasteiger charge is -2.07. The van der Waals surface area contributed by atoms with Crippen LogP contribution in [0.2, 0.25) is 0 Å². The van der Waals surface area contributed by atoms with Gasteiger partial charge in [0.2, 0.25) is 0 Å². The van der Waals surface area contributed by atoms with E-state index in [2.05, 4.69) is 28.7 Å². The summed E-state index contributed by atoms with van der Waals surface area (Å²) in [5.41, 5.74) is 1.06. The molecule has 2 aromatic rings. The molecule has 88 valence electrons. The Bertz CT molecular complexity index is 578. The predicted molar refractivity (Wildman–Crippen MR) is 75.5 cm³/mol. The Morgan fingerprint density at radius 2 is 2.12 bits per heavy atom. The minimum atomic E-state index is -0.0526. The van der Waals surface area contributed by atoms with Crippen LogP contribution in [0.5, 0.6) is 5.75 Å².